The third-order valence-corrected chi connectivity index (χ3v) is 3.85. The van der Waals surface area contributed by atoms with Gasteiger partial charge in [-0.05, 0) is 17.9 Å². The van der Waals surface area contributed by atoms with E-state index in [1.165, 1.54) is 5.56 Å². The van der Waals surface area contributed by atoms with Crippen LogP contribution in [0.4, 0.5) is 0 Å². The first-order valence-corrected chi connectivity index (χ1v) is 6.37. The van der Waals surface area contributed by atoms with Gasteiger partial charge < -0.3 is 5.32 Å². The number of carbonyl (C=O) groups excluding carboxylic acids is 1. The molecule has 0 bridgehead atoms. The highest BCUT2D eigenvalue weighted by Crippen LogP contribution is 2.26. The van der Waals surface area contributed by atoms with Crippen LogP contribution in [-0.2, 0) is 11.3 Å². The largest absolute Gasteiger partial charge is 0.352 e. The first kappa shape index (κ1) is 10.8. The van der Waals surface area contributed by atoms with E-state index < -0.39 is 0 Å². The minimum atomic E-state index is 0.229. The van der Waals surface area contributed by atoms with E-state index in [9.17, 15) is 4.79 Å². The topological polar surface area (TPSA) is 32.3 Å². The average Bonchev–Trinajstić information content (AvgIpc) is 2.71. The van der Waals surface area contributed by atoms with Gasteiger partial charge in [0, 0.05) is 32.1 Å². The quantitative estimate of drug-likeness (QED) is 0.833. The van der Waals surface area contributed by atoms with Crippen LogP contribution >= 0.6 is 0 Å². The number of hydrogen-bond donors (Lipinski definition) is 1. The summed E-state index contributed by atoms with van der Waals surface area (Å²) in [4.78, 5) is 13.8. The number of amides is 1. The summed E-state index contributed by atoms with van der Waals surface area (Å²) in [7, 11) is 0. The van der Waals surface area contributed by atoms with Crippen molar-refractivity contribution in [1.82, 2.24) is 10.2 Å². The maximum atomic E-state index is 11.3. The van der Waals surface area contributed by atoms with E-state index in [1.807, 2.05) is 6.07 Å². The van der Waals surface area contributed by atoms with Crippen LogP contribution in [0.25, 0.3) is 0 Å². The molecule has 0 aliphatic carbocycles. The van der Waals surface area contributed by atoms with Crippen molar-refractivity contribution in [2.45, 2.75) is 25.4 Å². The molecule has 2 heterocycles. The highest BCUT2D eigenvalue weighted by atomic mass is 16.1. The summed E-state index contributed by atoms with van der Waals surface area (Å²) in [5, 5.41) is 3.11. The zero-order valence-electron chi connectivity index (χ0n) is 9.93. The molecule has 3 rings (SSSR count). The van der Waals surface area contributed by atoms with Crippen molar-refractivity contribution in [3.8, 4) is 0 Å². The Morgan fingerprint density at radius 1 is 1.24 bits per heavy atom. The third kappa shape index (κ3) is 2.34. The molecule has 1 amide bonds. The van der Waals surface area contributed by atoms with Gasteiger partial charge in [0.1, 0.15) is 0 Å². The van der Waals surface area contributed by atoms with E-state index >= 15 is 0 Å². The number of piperidine rings is 1. The van der Waals surface area contributed by atoms with Crippen LogP contribution in [0, 0.1) is 5.92 Å². The molecule has 2 atom stereocenters. The Bertz CT molecular complexity index is 404. The summed E-state index contributed by atoms with van der Waals surface area (Å²) in [6.07, 6.45) is 1.77. The van der Waals surface area contributed by atoms with Crippen LogP contribution < -0.4 is 5.32 Å². The number of carbonyl (C=O) groups is 1. The Balaban J connectivity index is 1.62. The summed E-state index contributed by atoms with van der Waals surface area (Å²) in [6.45, 7) is 3.13. The second kappa shape index (κ2) is 4.49. The Labute approximate surface area is 102 Å². The summed E-state index contributed by atoms with van der Waals surface area (Å²) >= 11 is 0. The van der Waals surface area contributed by atoms with E-state index in [1.54, 1.807) is 0 Å². The fraction of sp³-hybridized carbons (Fsp3) is 0.500. The van der Waals surface area contributed by atoms with Crippen molar-refractivity contribution in [2.24, 2.45) is 5.92 Å². The summed E-state index contributed by atoms with van der Waals surface area (Å²) in [5.41, 5.74) is 1.36. The molecule has 0 spiro atoms. The van der Waals surface area contributed by atoms with E-state index in [2.05, 4.69) is 34.5 Å². The summed E-state index contributed by atoms with van der Waals surface area (Å²) < 4.78 is 0. The number of hydrogen-bond acceptors (Lipinski definition) is 2. The van der Waals surface area contributed by atoms with E-state index in [0.29, 0.717) is 18.4 Å². The zero-order chi connectivity index (χ0) is 11.7. The van der Waals surface area contributed by atoms with Crippen molar-refractivity contribution in [3.63, 3.8) is 0 Å². The highest BCUT2D eigenvalue weighted by Gasteiger charge is 2.36. The van der Waals surface area contributed by atoms with Crippen LogP contribution in [0.3, 0.4) is 0 Å². The number of benzene rings is 1. The molecule has 2 saturated heterocycles. The van der Waals surface area contributed by atoms with Crippen molar-refractivity contribution in [1.29, 1.82) is 0 Å². The Morgan fingerprint density at radius 3 is 2.88 bits per heavy atom. The minimum absolute atomic E-state index is 0.229. The van der Waals surface area contributed by atoms with Gasteiger partial charge in [-0.3, -0.25) is 9.69 Å². The smallest absolute Gasteiger partial charge is 0.220 e. The number of nitrogens with zero attached hydrogens (tertiary/aromatic N) is 1. The van der Waals surface area contributed by atoms with Gasteiger partial charge >= 0.3 is 0 Å². The molecule has 2 fully saturated rings. The van der Waals surface area contributed by atoms with Gasteiger partial charge in [0.05, 0.1) is 0 Å². The normalized spacial score (nSPS) is 28.8. The van der Waals surface area contributed by atoms with Crippen molar-refractivity contribution < 1.29 is 4.79 Å². The Hall–Kier alpha value is -1.35. The third-order valence-electron chi connectivity index (χ3n) is 3.85. The molecule has 90 valence electrons. The van der Waals surface area contributed by atoms with Crippen molar-refractivity contribution >= 4 is 5.91 Å². The molecule has 0 aromatic heterocycles. The molecule has 2 aliphatic heterocycles. The highest BCUT2D eigenvalue weighted by molar-refractivity contribution is 5.77. The maximum Gasteiger partial charge on any atom is 0.220 e. The molecule has 3 heteroatoms. The standard InChI is InChI=1S/C14H18N2O/c17-14-7-6-12-9-16(10-13(12)15-14)8-11-4-2-1-3-5-11/h1-5,12-13H,6-10H2,(H,15,17)/t12-,13-/m1/s1. The molecule has 1 aromatic rings. The van der Waals surface area contributed by atoms with Gasteiger partial charge in [-0.1, -0.05) is 30.3 Å². The lowest BCUT2D eigenvalue weighted by Gasteiger charge is -2.24. The second-order valence-electron chi connectivity index (χ2n) is 5.15. The molecule has 1 N–H and O–H groups in total. The number of nitrogens with one attached hydrogen (secondary N) is 1. The van der Waals surface area contributed by atoms with Crippen LogP contribution in [0.2, 0.25) is 0 Å². The average molecular weight is 230 g/mol. The molecular formula is C14H18N2O. The van der Waals surface area contributed by atoms with Crippen molar-refractivity contribution in [2.75, 3.05) is 13.1 Å². The number of fused-ring (bicyclic) bond motifs is 1. The molecule has 3 nitrogen and oxygen atoms in total. The lowest BCUT2D eigenvalue weighted by Crippen LogP contribution is -2.44. The van der Waals surface area contributed by atoms with Gasteiger partial charge in [-0.25, -0.2) is 0 Å². The summed E-state index contributed by atoms with van der Waals surface area (Å²) in [5.74, 6) is 0.893. The number of rotatable bonds is 2. The van der Waals surface area contributed by atoms with E-state index in [4.69, 9.17) is 0 Å². The zero-order valence-corrected chi connectivity index (χ0v) is 9.93. The van der Waals surface area contributed by atoms with Gasteiger partial charge in [-0.15, -0.1) is 0 Å². The fourth-order valence-electron chi connectivity index (χ4n) is 2.98. The van der Waals surface area contributed by atoms with E-state index in [0.717, 1.165) is 26.1 Å². The molecule has 17 heavy (non-hydrogen) atoms. The monoisotopic (exact) mass is 230 g/mol. The maximum absolute atomic E-state index is 11.3. The van der Waals surface area contributed by atoms with Gasteiger partial charge in [0.15, 0.2) is 0 Å². The van der Waals surface area contributed by atoms with Crippen LogP contribution in [-0.4, -0.2) is 29.9 Å². The predicted octanol–water partition coefficient (Wildman–Crippen LogP) is 1.40. The number of likely N-dealkylation sites (tertiary alicyclic amines) is 1. The Morgan fingerprint density at radius 2 is 2.06 bits per heavy atom. The van der Waals surface area contributed by atoms with Gasteiger partial charge in [0.25, 0.3) is 0 Å². The van der Waals surface area contributed by atoms with Crippen LogP contribution in [0.1, 0.15) is 18.4 Å². The Kier molecular flexibility index (Phi) is 2.85. The van der Waals surface area contributed by atoms with Crippen LogP contribution in [0.5, 0.6) is 0 Å². The fourth-order valence-corrected chi connectivity index (χ4v) is 2.98. The lowest BCUT2D eigenvalue weighted by atomic mass is 9.94. The molecule has 0 radical (unpaired) electrons. The van der Waals surface area contributed by atoms with Crippen molar-refractivity contribution in [3.05, 3.63) is 35.9 Å². The lowest BCUT2D eigenvalue weighted by molar-refractivity contribution is -0.123. The summed E-state index contributed by atoms with van der Waals surface area (Å²) in [6, 6.07) is 10.9. The first-order chi connectivity index (χ1) is 8.31. The first-order valence-electron chi connectivity index (χ1n) is 6.37. The molecule has 2 aliphatic rings. The molecular weight excluding hydrogens is 212 g/mol. The molecule has 0 unspecified atom stereocenters. The SMILES string of the molecule is O=C1CC[C@@H]2CN(Cc3ccccc3)C[C@H]2N1. The predicted molar refractivity (Wildman–Crippen MR) is 66.4 cm³/mol. The minimum Gasteiger partial charge on any atom is -0.352 e. The molecule has 1 aromatic carbocycles. The second-order valence-corrected chi connectivity index (χ2v) is 5.15. The van der Waals surface area contributed by atoms with E-state index in [-0.39, 0.29) is 5.91 Å². The van der Waals surface area contributed by atoms with Crippen LogP contribution in [0.15, 0.2) is 30.3 Å². The van der Waals surface area contributed by atoms with Gasteiger partial charge in [-0.2, -0.15) is 0 Å². The van der Waals surface area contributed by atoms with Gasteiger partial charge in [0.2, 0.25) is 5.91 Å². The molecule has 0 saturated carbocycles.